The third-order valence-electron chi connectivity index (χ3n) is 5.53. The summed E-state index contributed by atoms with van der Waals surface area (Å²) >= 11 is 0. The second kappa shape index (κ2) is 5.61. The zero-order valence-electron chi connectivity index (χ0n) is 14.7. The Morgan fingerprint density at radius 2 is 1.93 bits per heavy atom. The average molecular weight is 361 g/mol. The number of anilines is 3. The van der Waals surface area contributed by atoms with E-state index in [0.29, 0.717) is 11.1 Å². The molecular formula is C21H19N3O3. The number of benzene rings is 2. The van der Waals surface area contributed by atoms with E-state index in [4.69, 9.17) is 5.73 Å². The number of aromatic carboxylic acids is 1. The number of pyridine rings is 1. The lowest BCUT2D eigenvalue weighted by atomic mass is 10.1. The Labute approximate surface area is 155 Å². The molecule has 3 N–H and O–H groups in total. The van der Waals surface area contributed by atoms with E-state index in [1.807, 2.05) is 22.8 Å². The van der Waals surface area contributed by atoms with Gasteiger partial charge in [0.15, 0.2) is 0 Å². The van der Waals surface area contributed by atoms with Crippen molar-refractivity contribution in [2.75, 3.05) is 17.2 Å². The van der Waals surface area contributed by atoms with Crippen molar-refractivity contribution in [3.8, 4) is 0 Å². The van der Waals surface area contributed by atoms with Crippen LogP contribution in [0.2, 0.25) is 0 Å². The second-order valence-electron chi connectivity index (χ2n) is 7.27. The molecule has 6 heteroatoms. The molecule has 0 saturated heterocycles. The lowest BCUT2D eigenvalue weighted by Gasteiger charge is -2.23. The fourth-order valence-electron chi connectivity index (χ4n) is 4.03. The molecule has 0 atom stereocenters. The maximum absolute atomic E-state index is 12.7. The maximum atomic E-state index is 12.7. The van der Waals surface area contributed by atoms with Crippen molar-refractivity contribution in [3.63, 3.8) is 0 Å². The second-order valence-corrected chi connectivity index (χ2v) is 7.27. The monoisotopic (exact) mass is 361 g/mol. The molecule has 2 aliphatic rings. The molecule has 1 aliphatic carbocycles. The number of nitrogens with two attached hydrogens (primary N) is 1. The number of carbonyl (C=O) groups is 1. The highest BCUT2D eigenvalue weighted by Crippen LogP contribution is 2.41. The number of hydrogen-bond donors (Lipinski definition) is 2. The van der Waals surface area contributed by atoms with Crippen molar-refractivity contribution in [2.24, 2.45) is 0 Å². The first-order chi connectivity index (χ1) is 13.0. The number of rotatable bonds is 3. The van der Waals surface area contributed by atoms with E-state index in [1.165, 1.54) is 11.8 Å². The molecule has 136 valence electrons. The Morgan fingerprint density at radius 3 is 2.67 bits per heavy atom. The summed E-state index contributed by atoms with van der Waals surface area (Å²) in [6.07, 6.45) is 4.41. The normalized spacial score (nSPS) is 15.9. The predicted molar refractivity (Wildman–Crippen MR) is 105 cm³/mol. The van der Waals surface area contributed by atoms with Crippen LogP contribution in [0.15, 0.2) is 47.4 Å². The van der Waals surface area contributed by atoms with E-state index in [1.54, 1.807) is 6.07 Å². The van der Waals surface area contributed by atoms with Crippen LogP contribution in [-0.4, -0.2) is 22.2 Å². The molecule has 0 radical (unpaired) electrons. The maximum Gasteiger partial charge on any atom is 0.341 e. The molecular weight excluding hydrogens is 342 g/mol. The molecule has 0 bridgehead atoms. The number of nitrogen functional groups attached to an aromatic ring is 1. The van der Waals surface area contributed by atoms with Crippen molar-refractivity contribution >= 4 is 33.9 Å². The molecule has 6 nitrogen and oxygen atoms in total. The molecule has 5 rings (SSSR count). The molecule has 3 aromatic rings. The van der Waals surface area contributed by atoms with E-state index in [-0.39, 0.29) is 11.6 Å². The van der Waals surface area contributed by atoms with Crippen molar-refractivity contribution in [1.29, 1.82) is 0 Å². The van der Waals surface area contributed by atoms with Gasteiger partial charge in [0.1, 0.15) is 5.56 Å². The summed E-state index contributed by atoms with van der Waals surface area (Å²) in [5.41, 5.74) is 10.2. The number of carboxylic acids is 1. The molecule has 1 aliphatic heterocycles. The largest absolute Gasteiger partial charge is 0.477 e. The smallest absolute Gasteiger partial charge is 0.341 e. The number of carboxylic acid groups (broad SMARTS) is 1. The van der Waals surface area contributed by atoms with E-state index in [2.05, 4.69) is 17.0 Å². The highest BCUT2D eigenvalue weighted by atomic mass is 16.4. The molecule has 0 amide bonds. The van der Waals surface area contributed by atoms with Gasteiger partial charge in [-0.2, -0.15) is 0 Å². The molecule has 1 aromatic heterocycles. The molecule has 27 heavy (non-hydrogen) atoms. The number of para-hydroxylation sites is 1. The summed E-state index contributed by atoms with van der Waals surface area (Å²) in [7, 11) is 0. The zero-order chi connectivity index (χ0) is 18.7. The summed E-state index contributed by atoms with van der Waals surface area (Å²) in [5, 5.41) is 9.78. The lowest BCUT2D eigenvalue weighted by Crippen LogP contribution is -2.20. The summed E-state index contributed by atoms with van der Waals surface area (Å²) in [6, 6.07) is 12.1. The fourth-order valence-corrected chi connectivity index (χ4v) is 4.03. The van der Waals surface area contributed by atoms with Crippen molar-refractivity contribution in [3.05, 3.63) is 63.9 Å². The number of aromatic nitrogens is 1. The van der Waals surface area contributed by atoms with Crippen molar-refractivity contribution < 1.29 is 9.90 Å². The minimum Gasteiger partial charge on any atom is -0.477 e. The van der Waals surface area contributed by atoms with E-state index in [9.17, 15) is 14.7 Å². The first-order valence-corrected chi connectivity index (χ1v) is 9.11. The SMILES string of the molecule is Nc1cc2c(=O)c(C(=O)O)cn(C3CC3)c2cc1N1CCc2ccccc21. The molecule has 2 heterocycles. The summed E-state index contributed by atoms with van der Waals surface area (Å²) in [4.78, 5) is 26.4. The van der Waals surface area contributed by atoms with Crippen LogP contribution in [0.25, 0.3) is 10.9 Å². The fraction of sp³-hybridized carbons (Fsp3) is 0.238. The highest BCUT2D eigenvalue weighted by Gasteiger charge is 2.28. The highest BCUT2D eigenvalue weighted by molar-refractivity contribution is 5.96. The van der Waals surface area contributed by atoms with Crippen LogP contribution in [0, 0.1) is 0 Å². The van der Waals surface area contributed by atoms with Crippen LogP contribution >= 0.6 is 0 Å². The molecule has 1 saturated carbocycles. The average Bonchev–Trinajstić information content (AvgIpc) is 3.41. The van der Waals surface area contributed by atoms with Gasteiger partial charge < -0.3 is 20.3 Å². The third kappa shape index (κ3) is 2.40. The third-order valence-corrected chi connectivity index (χ3v) is 5.53. The van der Waals surface area contributed by atoms with Gasteiger partial charge in [-0.05, 0) is 43.0 Å². The Kier molecular flexibility index (Phi) is 3.31. The van der Waals surface area contributed by atoms with Gasteiger partial charge in [-0.15, -0.1) is 0 Å². The van der Waals surface area contributed by atoms with Crippen molar-refractivity contribution in [2.45, 2.75) is 25.3 Å². The van der Waals surface area contributed by atoms with Crippen LogP contribution in [-0.2, 0) is 6.42 Å². The zero-order valence-corrected chi connectivity index (χ0v) is 14.7. The van der Waals surface area contributed by atoms with Gasteiger partial charge in [0.25, 0.3) is 0 Å². The Morgan fingerprint density at radius 1 is 1.15 bits per heavy atom. The minimum absolute atomic E-state index is 0.201. The Hall–Kier alpha value is -3.28. The van der Waals surface area contributed by atoms with Gasteiger partial charge in [-0.1, -0.05) is 18.2 Å². The predicted octanol–water partition coefficient (Wildman–Crippen LogP) is 3.31. The number of fused-ring (bicyclic) bond motifs is 2. The van der Waals surface area contributed by atoms with Crippen LogP contribution in [0.5, 0.6) is 0 Å². The first-order valence-electron chi connectivity index (χ1n) is 9.11. The Bertz CT molecular complexity index is 1160. The number of hydrogen-bond acceptors (Lipinski definition) is 4. The van der Waals surface area contributed by atoms with Gasteiger partial charge in [-0.3, -0.25) is 4.79 Å². The standard InChI is InChI=1S/C21H19N3O3/c22-16-9-14-18(24(13-5-6-13)11-15(20(14)25)21(26)27)10-19(16)23-8-7-12-3-1-2-4-17(12)23/h1-4,9-11,13H,5-8,22H2,(H,26,27). The van der Waals surface area contributed by atoms with Gasteiger partial charge in [0.05, 0.1) is 16.9 Å². The lowest BCUT2D eigenvalue weighted by molar-refractivity contribution is 0.0695. The van der Waals surface area contributed by atoms with Gasteiger partial charge >= 0.3 is 5.97 Å². The van der Waals surface area contributed by atoms with Crippen LogP contribution in [0.4, 0.5) is 17.1 Å². The van der Waals surface area contributed by atoms with Crippen molar-refractivity contribution in [1.82, 2.24) is 4.57 Å². The summed E-state index contributed by atoms with van der Waals surface area (Å²) in [5.74, 6) is -1.20. The Balaban J connectivity index is 1.76. The summed E-state index contributed by atoms with van der Waals surface area (Å²) < 4.78 is 1.94. The molecule has 0 unspecified atom stereocenters. The number of nitrogens with zero attached hydrogens (tertiary/aromatic N) is 2. The topological polar surface area (TPSA) is 88.6 Å². The van der Waals surface area contributed by atoms with Gasteiger partial charge in [0, 0.05) is 29.9 Å². The van der Waals surface area contributed by atoms with E-state index >= 15 is 0 Å². The summed E-state index contributed by atoms with van der Waals surface area (Å²) in [6.45, 7) is 0.829. The minimum atomic E-state index is -1.20. The van der Waals surface area contributed by atoms with E-state index < -0.39 is 11.4 Å². The van der Waals surface area contributed by atoms with Crippen LogP contribution in [0.1, 0.15) is 34.8 Å². The van der Waals surface area contributed by atoms with Crippen LogP contribution < -0.4 is 16.1 Å². The molecule has 2 aromatic carbocycles. The van der Waals surface area contributed by atoms with E-state index in [0.717, 1.165) is 42.7 Å². The van der Waals surface area contributed by atoms with Crippen LogP contribution in [0.3, 0.4) is 0 Å². The first kappa shape index (κ1) is 15.9. The van der Waals surface area contributed by atoms with Gasteiger partial charge in [-0.25, -0.2) is 4.79 Å². The molecule has 1 fully saturated rings. The quantitative estimate of drug-likeness (QED) is 0.699. The van der Waals surface area contributed by atoms with Gasteiger partial charge in [0.2, 0.25) is 5.43 Å². The molecule has 0 spiro atoms.